The van der Waals surface area contributed by atoms with E-state index in [1.807, 2.05) is 0 Å². The van der Waals surface area contributed by atoms with E-state index >= 15 is 0 Å². The fourth-order valence-corrected chi connectivity index (χ4v) is 12.4. The van der Waals surface area contributed by atoms with Crippen LogP contribution in [0.2, 0.25) is 0 Å². The zero-order chi connectivity index (χ0) is 21.0. The summed E-state index contributed by atoms with van der Waals surface area (Å²) in [6.07, 6.45) is 4.88. The quantitative estimate of drug-likeness (QED) is 0.323. The Morgan fingerprint density at radius 1 is 0.484 bits per heavy atom. The molecule has 0 aromatic heterocycles. The number of benzene rings is 4. The molecule has 2 heteroatoms. The van der Waals surface area contributed by atoms with Gasteiger partial charge in [-0.1, -0.05) is 0 Å². The van der Waals surface area contributed by atoms with E-state index < -0.39 is 6.83 Å². The molecule has 0 spiro atoms. The summed E-state index contributed by atoms with van der Waals surface area (Å²) in [6.45, 7) is -3.31. The molecule has 1 aliphatic carbocycles. The van der Waals surface area contributed by atoms with Gasteiger partial charge in [0.05, 0.1) is 0 Å². The average molecular weight is 425 g/mol. The Kier molecular flexibility index (Phi) is 5.38. The van der Waals surface area contributed by atoms with Crippen LogP contribution in [0.4, 0.5) is 0 Å². The Labute approximate surface area is 185 Å². The molecule has 4 aromatic rings. The van der Waals surface area contributed by atoms with Gasteiger partial charge in [-0.15, -0.1) is 0 Å². The van der Waals surface area contributed by atoms with Crippen molar-refractivity contribution in [3.63, 3.8) is 0 Å². The molecular formula is C29H29OP. The molecule has 31 heavy (non-hydrogen) atoms. The molecule has 156 valence electrons. The van der Waals surface area contributed by atoms with Gasteiger partial charge in [0.2, 0.25) is 0 Å². The van der Waals surface area contributed by atoms with Crippen LogP contribution in [-0.4, -0.2) is 5.66 Å². The Morgan fingerprint density at radius 3 is 1.23 bits per heavy atom. The second-order valence-corrected chi connectivity index (χ2v) is 13.1. The molecule has 0 atom stereocenters. The molecule has 0 aliphatic heterocycles. The summed E-state index contributed by atoms with van der Waals surface area (Å²) < 4.78 is 7.56. The van der Waals surface area contributed by atoms with Crippen molar-refractivity contribution in [3.8, 4) is 5.75 Å². The van der Waals surface area contributed by atoms with Crippen molar-refractivity contribution < 1.29 is 4.52 Å². The SMILES string of the molecule is c1ccc(OP(c2ccccc2)(c2ccccc2)(c2ccccc2)C2CCCC2)cc1. The first-order valence-electron chi connectivity index (χ1n) is 11.3. The summed E-state index contributed by atoms with van der Waals surface area (Å²) in [7, 11) is 0. The van der Waals surface area contributed by atoms with Gasteiger partial charge >= 0.3 is 186 Å². The second-order valence-electron chi connectivity index (χ2n) is 8.45. The van der Waals surface area contributed by atoms with Crippen LogP contribution in [0, 0.1) is 0 Å². The molecule has 0 radical (unpaired) electrons. The maximum absolute atomic E-state index is 7.56. The molecule has 0 N–H and O–H groups in total. The van der Waals surface area contributed by atoms with Crippen molar-refractivity contribution in [2.75, 3.05) is 0 Å². The molecule has 1 saturated carbocycles. The summed E-state index contributed by atoms with van der Waals surface area (Å²) in [5.41, 5.74) is 0.443. The fraction of sp³-hybridized carbons (Fsp3) is 0.172. The fourth-order valence-electron chi connectivity index (χ4n) is 5.58. The third-order valence-corrected chi connectivity index (χ3v) is 13.3. The third kappa shape index (κ3) is 3.11. The van der Waals surface area contributed by atoms with Crippen molar-refractivity contribution in [2.45, 2.75) is 31.3 Å². The van der Waals surface area contributed by atoms with E-state index in [9.17, 15) is 0 Å². The van der Waals surface area contributed by atoms with E-state index in [2.05, 4.69) is 121 Å². The van der Waals surface area contributed by atoms with Gasteiger partial charge in [-0.3, -0.25) is 0 Å². The van der Waals surface area contributed by atoms with Gasteiger partial charge < -0.3 is 0 Å². The number of hydrogen-bond donors (Lipinski definition) is 0. The Balaban J connectivity index is 1.96. The molecular weight excluding hydrogens is 395 g/mol. The van der Waals surface area contributed by atoms with Crippen molar-refractivity contribution in [1.82, 2.24) is 0 Å². The molecule has 0 amide bonds. The summed E-state index contributed by atoms with van der Waals surface area (Å²) in [5, 5.41) is 3.96. The van der Waals surface area contributed by atoms with Crippen LogP contribution in [0.3, 0.4) is 0 Å². The van der Waals surface area contributed by atoms with Crippen molar-refractivity contribution in [2.24, 2.45) is 0 Å². The predicted molar refractivity (Wildman–Crippen MR) is 134 cm³/mol. The maximum atomic E-state index is 7.56. The van der Waals surface area contributed by atoms with Gasteiger partial charge in [0.15, 0.2) is 0 Å². The number of hydrogen-bond acceptors (Lipinski definition) is 1. The summed E-state index contributed by atoms with van der Waals surface area (Å²) in [4.78, 5) is 0. The number of para-hydroxylation sites is 1. The monoisotopic (exact) mass is 424 g/mol. The van der Waals surface area contributed by atoms with Crippen LogP contribution in [0.5, 0.6) is 5.75 Å². The Hall–Kier alpha value is -2.89. The predicted octanol–water partition coefficient (Wildman–Crippen LogP) is 6.45. The van der Waals surface area contributed by atoms with E-state index in [1.165, 1.54) is 41.6 Å². The zero-order valence-corrected chi connectivity index (χ0v) is 18.7. The van der Waals surface area contributed by atoms with Gasteiger partial charge in [-0.25, -0.2) is 0 Å². The number of rotatable bonds is 6. The van der Waals surface area contributed by atoms with Gasteiger partial charge in [-0.05, 0) is 0 Å². The van der Waals surface area contributed by atoms with Gasteiger partial charge in [0.1, 0.15) is 0 Å². The van der Waals surface area contributed by atoms with Crippen LogP contribution in [0.1, 0.15) is 25.7 Å². The van der Waals surface area contributed by atoms with E-state index in [4.69, 9.17) is 4.52 Å². The molecule has 5 rings (SSSR count). The van der Waals surface area contributed by atoms with Crippen molar-refractivity contribution in [1.29, 1.82) is 0 Å². The van der Waals surface area contributed by atoms with Crippen LogP contribution in [0.25, 0.3) is 0 Å². The topological polar surface area (TPSA) is 9.23 Å². The molecule has 1 nitrogen and oxygen atoms in total. The van der Waals surface area contributed by atoms with Gasteiger partial charge in [0.25, 0.3) is 0 Å². The first-order valence-corrected chi connectivity index (χ1v) is 13.5. The molecule has 0 saturated heterocycles. The third-order valence-electron chi connectivity index (χ3n) is 6.87. The molecule has 1 fully saturated rings. The summed E-state index contributed by atoms with van der Waals surface area (Å²) in [6, 6.07) is 43.7. The standard InChI is InChI=1S/C29H29OP/c1-5-15-25(16-6-1)30-31(29-23-13-14-24-29,26-17-7-2-8-18-26,27-19-9-3-10-20-27)28-21-11-4-12-22-28/h1-12,15-22,29H,13-14,23-24H2. The first kappa shape index (κ1) is 20.0. The average Bonchev–Trinajstić information content (AvgIpc) is 3.41. The second kappa shape index (κ2) is 8.33. The van der Waals surface area contributed by atoms with Crippen molar-refractivity contribution in [3.05, 3.63) is 121 Å². The minimum atomic E-state index is -3.31. The molecule has 4 aromatic carbocycles. The summed E-state index contributed by atoms with van der Waals surface area (Å²) >= 11 is 0. The van der Waals surface area contributed by atoms with Crippen molar-refractivity contribution >= 4 is 22.7 Å². The molecule has 1 aliphatic rings. The summed E-state index contributed by atoms with van der Waals surface area (Å²) in [5.74, 6) is 0.948. The van der Waals surface area contributed by atoms with Crippen LogP contribution in [-0.2, 0) is 0 Å². The molecule has 0 unspecified atom stereocenters. The Bertz CT molecular complexity index is 1010. The zero-order valence-electron chi connectivity index (χ0n) is 17.8. The van der Waals surface area contributed by atoms with E-state index in [0.29, 0.717) is 5.66 Å². The van der Waals surface area contributed by atoms with E-state index in [-0.39, 0.29) is 0 Å². The van der Waals surface area contributed by atoms with Gasteiger partial charge in [0, 0.05) is 0 Å². The van der Waals surface area contributed by atoms with Crippen LogP contribution < -0.4 is 20.4 Å². The molecule has 0 heterocycles. The van der Waals surface area contributed by atoms with Crippen LogP contribution >= 0.6 is 6.83 Å². The van der Waals surface area contributed by atoms with Crippen LogP contribution in [0.15, 0.2) is 121 Å². The minimum absolute atomic E-state index is 0.443. The van der Waals surface area contributed by atoms with E-state index in [1.54, 1.807) is 0 Å². The first-order chi connectivity index (χ1) is 15.3. The van der Waals surface area contributed by atoms with E-state index in [0.717, 1.165) is 5.75 Å². The normalized spacial score (nSPS) is 15.8. The molecule has 0 bridgehead atoms. The van der Waals surface area contributed by atoms with Gasteiger partial charge in [-0.2, -0.15) is 0 Å². The Morgan fingerprint density at radius 2 is 0.839 bits per heavy atom.